The molecule has 2 aliphatic heterocycles. The lowest BCUT2D eigenvalue weighted by Gasteiger charge is -2.16. The van der Waals surface area contributed by atoms with Crippen LogP contribution in [0.1, 0.15) is 54.4 Å². The van der Waals surface area contributed by atoms with Crippen molar-refractivity contribution in [3.8, 4) is 0 Å². The van der Waals surface area contributed by atoms with Gasteiger partial charge in [0, 0.05) is 12.1 Å². The molecule has 2 heterocycles. The van der Waals surface area contributed by atoms with Crippen molar-refractivity contribution in [2.24, 2.45) is 14.6 Å². The number of anilines is 1. The fourth-order valence-electron chi connectivity index (χ4n) is 4.85. The molecule has 8 nitrogen and oxygen atoms in total. The van der Waals surface area contributed by atoms with Crippen LogP contribution in [0.2, 0.25) is 0 Å². The van der Waals surface area contributed by atoms with Crippen molar-refractivity contribution in [1.82, 2.24) is 0 Å². The number of rotatable bonds is 2. The molecule has 2 amide bonds. The molecule has 1 saturated heterocycles. The summed E-state index contributed by atoms with van der Waals surface area (Å²) in [6.07, 6.45) is 5.93. The van der Waals surface area contributed by atoms with Gasteiger partial charge in [-0.1, -0.05) is 17.7 Å². The molecule has 29 heavy (non-hydrogen) atoms. The summed E-state index contributed by atoms with van der Waals surface area (Å²) in [6, 6.07) is 1.65. The van der Waals surface area contributed by atoms with E-state index in [2.05, 4.69) is 27.8 Å². The fourth-order valence-corrected chi connectivity index (χ4v) is 5.91. The van der Waals surface area contributed by atoms with Gasteiger partial charge >= 0.3 is 11.9 Å². The number of urea groups is 1. The minimum Gasteiger partial charge on any atom is -0.442 e. The Kier molecular flexibility index (Phi) is 4.47. The quantitative estimate of drug-likeness (QED) is 0.723. The zero-order chi connectivity index (χ0) is 20.2. The van der Waals surface area contributed by atoms with Crippen molar-refractivity contribution >= 4 is 21.6 Å². The molecule has 0 unspecified atom stereocenters. The molecule has 0 spiro atoms. The Balaban J connectivity index is 1.48. The second-order valence-corrected chi connectivity index (χ2v) is 10.0. The van der Waals surface area contributed by atoms with Crippen LogP contribution in [0.4, 0.5) is 10.5 Å². The minimum atomic E-state index is -3.41. The Hall–Kier alpha value is -2.26. The fraction of sp³-hybridized carbons (Fsp3) is 0.550. The van der Waals surface area contributed by atoms with Crippen LogP contribution in [0.3, 0.4) is 0 Å². The smallest absolute Gasteiger partial charge is 0.410 e. The lowest BCUT2D eigenvalue weighted by Crippen LogP contribution is -2.25. The predicted molar refractivity (Wildman–Crippen MR) is 109 cm³/mol. The third-order valence-corrected chi connectivity index (χ3v) is 7.76. The molecule has 1 fully saturated rings. The van der Waals surface area contributed by atoms with Crippen molar-refractivity contribution in [3.63, 3.8) is 0 Å². The number of nitrogens with one attached hydrogen (secondary N) is 1. The number of hydrogen-bond acceptors (Lipinski definition) is 4. The summed E-state index contributed by atoms with van der Waals surface area (Å²) >= 11 is 0. The molecule has 1 aromatic carbocycles. The highest BCUT2D eigenvalue weighted by Gasteiger charge is 2.38. The molecule has 4 aliphatic rings. The Morgan fingerprint density at radius 3 is 3.07 bits per heavy atom. The van der Waals surface area contributed by atoms with Crippen LogP contribution in [0.25, 0.3) is 0 Å². The van der Waals surface area contributed by atoms with Gasteiger partial charge in [-0.15, -0.1) is 4.36 Å². The normalized spacial score (nSPS) is 24.2. The molecule has 154 valence electrons. The maximum atomic E-state index is 13.1. The van der Waals surface area contributed by atoms with Crippen LogP contribution in [-0.2, 0) is 33.9 Å². The zero-order valence-corrected chi connectivity index (χ0v) is 17.4. The number of carbonyl (C=O) groups is 1. The Bertz CT molecular complexity index is 1100. The number of aryl methyl sites for hydroxylation is 1. The molecule has 2 atom stereocenters. The van der Waals surface area contributed by atoms with E-state index < -0.39 is 15.9 Å². The maximum absolute atomic E-state index is 13.1. The molecular weight excluding hydrogens is 390 g/mol. The van der Waals surface area contributed by atoms with Crippen molar-refractivity contribution in [1.29, 1.82) is 0 Å². The van der Waals surface area contributed by atoms with Crippen LogP contribution in [0.15, 0.2) is 26.3 Å². The summed E-state index contributed by atoms with van der Waals surface area (Å²) in [5.41, 5.74) is 5.90. The van der Waals surface area contributed by atoms with Crippen LogP contribution < -0.4 is 10.5 Å². The second kappa shape index (κ2) is 6.91. The molecule has 0 saturated carbocycles. The largest absolute Gasteiger partial charge is 0.442 e. The van der Waals surface area contributed by atoms with E-state index in [1.807, 2.05) is 0 Å². The van der Waals surface area contributed by atoms with Crippen LogP contribution in [0.5, 0.6) is 0 Å². The first kappa shape index (κ1) is 18.7. The first-order valence-corrected chi connectivity index (χ1v) is 11.9. The zero-order valence-electron chi connectivity index (χ0n) is 16.6. The molecule has 0 bridgehead atoms. The lowest BCUT2D eigenvalue weighted by atomic mass is 9.96. The van der Waals surface area contributed by atoms with Gasteiger partial charge in [0.05, 0.1) is 0 Å². The summed E-state index contributed by atoms with van der Waals surface area (Å²) in [7, 11) is -3.41. The number of fused-ring (bicyclic) bond motifs is 3. The summed E-state index contributed by atoms with van der Waals surface area (Å²) in [6.45, 7) is 3.59. The second-order valence-electron chi connectivity index (χ2n) is 8.19. The highest BCUT2D eigenvalue weighted by atomic mass is 32.2. The number of carbonyl (C=O) groups excluding carboxylic acids is 1. The van der Waals surface area contributed by atoms with Crippen molar-refractivity contribution in [2.75, 3.05) is 25.0 Å². The molecule has 2 aliphatic carbocycles. The van der Waals surface area contributed by atoms with E-state index in [1.165, 1.54) is 22.3 Å². The van der Waals surface area contributed by atoms with Gasteiger partial charge in [-0.3, -0.25) is 0 Å². The van der Waals surface area contributed by atoms with Crippen molar-refractivity contribution < 1.29 is 18.4 Å². The molecular formula is C20H26N5O3S+. The van der Waals surface area contributed by atoms with E-state index in [4.69, 9.17) is 9.88 Å². The number of azo groups is 2. The number of nitrogens with two attached hydrogens (primary N) is 1. The average Bonchev–Trinajstić information content (AvgIpc) is 3.40. The topological polar surface area (TPSA) is 109 Å². The summed E-state index contributed by atoms with van der Waals surface area (Å²) in [5.74, 6) is 0.888. The van der Waals surface area contributed by atoms with Crippen molar-refractivity contribution in [2.45, 2.75) is 51.4 Å². The van der Waals surface area contributed by atoms with Gasteiger partial charge in [-0.05, 0) is 65.4 Å². The average molecular weight is 417 g/mol. The maximum Gasteiger partial charge on any atom is 0.410 e. The number of amides is 2. The molecule has 0 radical (unpaired) electrons. The highest BCUT2D eigenvalue weighted by molar-refractivity contribution is 7.95. The molecule has 0 aromatic heterocycles. The number of nitrogens with zero attached hydrogens (tertiary/aromatic N) is 3. The number of ether oxygens (including phenoxy) is 1. The third-order valence-electron chi connectivity index (χ3n) is 6.32. The number of hydrogen-bond donors (Lipinski definition) is 2. The standard InChI is InChI=1S/C20H25N5O3S/c1-12-6-7-15-16(12)10-13-4-2-5-14(13)18(15)23-20(26)24-29(21,27)17-11-22-25-8-3-9-28-19(17)25/h10,12H,2-9,11H2,1H3,(H2-,21,23,24,26,27)/p+1/t12-,29+/m1/s1. The molecule has 3 N–H and O–H groups in total. The minimum absolute atomic E-state index is 0.148. The van der Waals surface area contributed by atoms with Gasteiger partial charge in [0.25, 0.3) is 0 Å². The van der Waals surface area contributed by atoms with E-state index in [0.717, 1.165) is 44.2 Å². The van der Waals surface area contributed by atoms with Crippen LogP contribution in [0, 0.1) is 0 Å². The molecule has 1 aromatic rings. The van der Waals surface area contributed by atoms with E-state index in [-0.39, 0.29) is 6.54 Å². The lowest BCUT2D eigenvalue weighted by molar-refractivity contribution is -0.581. The van der Waals surface area contributed by atoms with E-state index in [9.17, 15) is 9.00 Å². The van der Waals surface area contributed by atoms with Crippen molar-refractivity contribution in [3.05, 3.63) is 39.1 Å². The molecule has 9 heteroatoms. The van der Waals surface area contributed by atoms with Gasteiger partial charge in [0.15, 0.2) is 21.4 Å². The van der Waals surface area contributed by atoms with Gasteiger partial charge in [-0.2, -0.15) is 0 Å². The summed E-state index contributed by atoms with van der Waals surface area (Å²) in [4.78, 5) is 13.1. The predicted octanol–water partition coefficient (Wildman–Crippen LogP) is 3.17. The van der Waals surface area contributed by atoms with Gasteiger partial charge in [0.1, 0.15) is 13.2 Å². The van der Waals surface area contributed by atoms with Crippen LogP contribution in [-0.4, -0.2) is 34.6 Å². The first-order chi connectivity index (χ1) is 13.9. The van der Waals surface area contributed by atoms with E-state index >= 15 is 0 Å². The highest BCUT2D eigenvalue weighted by Crippen LogP contribution is 2.43. The number of benzene rings is 1. The monoisotopic (exact) mass is 416 g/mol. The van der Waals surface area contributed by atoms with E-state index in [1.54, 1.807) is 4.70 Å². The van der Waals surface area contributed by atoms with E-state index in [0.29, 0.717) is 29.9 Å². The third kappa shape index (κ3) is 3.16. The van der Waals surface area contributed by atoms with Gasteiger partial charge < -0.3 is 10.1 Å². The van der Waals surface area contributed by atoms with Gasteiger partial charge in [0.2, 0.25) is 0 Å². The Morgan fingerprint density at radius 1 is 1.34 bits per heavy atom. The Morgan fingerprint density at radius 2 is 2.21 bits per heavy atom. The van der Waals surface area contributed by atoms with Crippen LogP contribution >= 0.6 is 0 Å². The first-order valence-electron chi connectivity index (χ1n) is 10.3. The summed E-state index contributed by atoms with van der Waals surface area (Å²) < 4.78 is 24.2. The summed E-state index contributed by atoms with van der Waals surface area (Å²) in [5, 5.41) is 13.2. The molecule has 5 rings (SSSR count). The van der Waals surface area contributed by atoms with Gasteiger partial charge in [-0.25, -0.2) is 14.1 Å². The SMILES string of the molecule is C[C@@H]1CCc2c1cc1c(c2NC(=O)N=[S@](N)(=O)C2=C3OCCC[N+]3=NC2)CCC1. The Labute approximate surface area is 170 Å².